The molecule has 0 unspecified atom stereocenters. The molecule has 4 aromatic carbocycles. The number of hydrogen-bond acceptors (Lipinski definition) is 3. The highest BCUT2D eigenvalue weighted by Crippen LogP contribution is 2.69. The summed E-state index contributed by atoms with van der Waals surface area (Å²) in [7, 11) is 0. The van der Waals surface area contributed by atoms with Crippen LogP contribution in [0.3, 0.4) is 0 Å². The van der Waals surface area contributed by atoms with Crippen molar-refractivity contribution in [2.75, 3.05) is 5.32 Å². The second-order valence-electron chi connectivity index (χ2n) is 11.9. The molecule has 7 heteroatoms. The molecule has 0 saturated carbocycles. The molecule has 0 spiro atoms. The van der Waals surface area contributed by atoms with Gasteiger partial charge < -0.3 is 5.32 Å². The second kappa shape index (κ2) is 10.6. The first kappa shape index (κ1) is 28.8. The Hall–Kier alpha value is -3.93. The molecule has 1 heterocycles. The molecule has 8 rings (SSSR count). The van der Waals surface area contributed by atoms with Crippen LogP contribution in [0, 0.1) is 11.8 Å². The highest BCUT2D eigenvalue weighted by Gasteiger charge is 2.73. The van der Waals surface area contributed by atoms with Gasteiger partial charge in [-0.15, -0.1) is 23.2 Å². The van der Waals surface area contributed by atoms with Crippen molar-refractivity contribution in [3.8, 4) is 0 Å². The molecular weight excluding hydrogens is 591 g/mol. The maximum Gasteiger partial charge on any atom is 0.248 e. The van der Waals surface area contributed by atoms with Crippen molar-refractivity contribution in [3.05, 3.63) is 136 Å². The molecule has 3 aliphatic carbocycles. The summed E-state index contributed by atoms with van der Waals surface area (Å²) in [5.41, 5.74) is 6.47. The Morgan fingerprint density at radius 3 is 1.57 bits per heavy atom. The minimum absolute atomic E-state index is 0.157. The third kappa shape index (κ3) is 3.88. The van der Waals surface area contributed by atoms with E-state index in [0.717, 1.165) is 57.5 Å². The Labute approximate surface area is 267 Å². The van der Waals surface area contributed by atoms with Crippen LogP contribution in [-0.2, 0) is 43.4 Å². The van der Waals surface area contributed by atoms with E-state index in [-0.39, 0.29) is 6.42 Å². The van der Waals surface area contributed by atoms with E-state index in [1.54, 1.807) is 0 Å². The van der Waals surface area contributed by atoms with Gasteiger partial charge >= 0.3 is 0 Å². The molecule has 3 atom stereocenters. The number of alkyl halides is 2. The molecule has 1 aliphatic heterocycles. The summed E-state index contributed by atoms with van der Waals surface area (Å²) in [5, 5.41) is 3.14. The minimum Gasteiger partial charge on any atom is -0.324 e. The average Bonchev–Trinajstić information content (AvgIpc) is 3.33. The van der Waals surface area contributed by atoms with Crippen molar-refractivity contribution in [1.82, 2.24) is 4.90 Å². The van der Waals surface area contributed by atoms with Crippen molar-refractivity contribution in [3.63, 3.8) is 0 Å². The number of imide groups is 1. The van der Waals surface area contributed by atoms with Gasteiger partial charge in [-0.05, 0) is 51.8 Å². The van der Waals surface area contributed by atoms with Crippen molar-refractivity contribution in [1.29, 1.82) is 0 Å². The van der Waals surface area contributed by atoms with Gasteiger partial charge in [0.15, 0.2) is 0 Å². The molecule has 1 saturated heterocycles. The van der Waals surface area contributed by atoms with Gasteiger partial charge in [0.05, 0.1) is 11.8 Å². The van der Waals surface area contributed by atoms with Crippen LogP contribution in [0.4, 0.5) is 5.69 Å². The highest BCUT2D eigenvalue weighted by atomic mass is 35.5. The van der Waals surface area contributed by atoms with Gasteiger partial charge in [-0.1, -0.05) is 111 Å². The zero-order valence-corrected chi connectivity index (χ0v) is 26.0. The van der Waals surface area contributed by atoms with Crippen LogP contribution in [-0.4, -0.2) is 28.7 Å². The number of nitrogens with one attached hydrogen (secondary N) is 1. The van der Waals surface area contributed by atoms with Gasteiger partial charge in [0, 0.05) is 12.1 Å². The number of likely N-dealkylation sites (tertiary alicyclic amines) is 1. The summed E-state index contributed by atoms with van der Waals surface area (Å²) in [6.07, 6.45) is 1.60. The van der Waals surface area contributed by atoms with Crippen molar-refractivity contribution in [2.24, 2.45) is 11.8 Å². The van der Waals surface area contributed by atoms with Crippen LogP contribution in [0.5, 0.6) is 0 Å². The molecule has 4 aliphatic rings. The lowest BCUT2D eigenvalue weighted by Crippen LogP contribution is -2.57. The van der Waals surface area contributed by atoms with Gasteiger partial charge in [0.2, 0.25) is 17.7 Å². The third-order valence-electron chi connectivity index (χ3n) is 9.75. The summed E-state index contributed by atoms with van der Waals surface area (Å²) in [4.78, 5) is 42.4. The number of carbonyl (C=O) groups is 3. The van der Waals surface area contributed by atoms with Gasteiger partial charge in [-0.25, -0.2) is 0 Å². The van der Waals surface area contributed by atoms with E-state index in [1.807, 2.05) is 111 Å². The summed E-state index contributed by atoms with van der Waals surface area (Å²) in [6, 6.07) is 29.4. The molecule has 44 heavy (non-hydrogen) atoms. The molecule has 5 nitrogen and oxygen atoms in total. The number of aryl methyl sites for hydroxylation is 2. The molecule has 3 amide bonds. The third-order valence-corrected chi connectivity index (χ3v) is 11.0. The van der Waals surface area contributed by atoms with Crippen LogP contribution < -0.4 is 5.32 Å². The fourth-order valence-electron chi connectivity index (χ4n) is 7.74. The van der Waals surface area contributed by atoms with Gasteiger partial charge in [0.1, 0.15) is 15.8 Å². The van der Waals surface area contributed by atoms with Crippen molar-refractivity contribution < 1.29 is 14.4 Å². The number of carbonyl (C=O) groups excluding carboxylic acids is 3. The number of hydrogen-bond donors (Lipinski definition) is 1. The fraction of sp³-hybridized carbons (Fsp3) is 0.270. The molecule has 1 N–H and O–H groups in total. The van der Waals surface area contributed by atoms with Crippen LogP contribution >= 0.6 is 23.2 Å². The zero-order chi connectivity index (χ0) is 30.8. The maximum absolute atomic E-state index is 14.7. The van der Waals surface area contributed by atoms with Gasteiger partial charge in [-0.2, -0.15) is 0 Å². The first-order valence-electron chi connectivity index (χ1n) is 15.2. The number of halogens is 2. The molecule has 0 aromatic heterocycles. The van der Waals surface area contributed by atoms with Gasteiger partial charge in [-0.3, -0.25) is 19.3 Å². The lowest BCUT2D eigenvalue weighted by molar-refractivity contribution is -0.146. The average molecular weight is 624 g/mol. The predicted molar refractivity (Wildman–Crippen MR) is 173 cm³/mol. The lowest BCUT2D eigenvalue weighted by atomic mass is 9.54. The summed E-state index contributed by atoms with van der Waals surface area (Å²) >= 11 is 15.3. The van der Waals surface area contributed by atoms with E-state index >= 15 is 0 Å². The molecule has 222 valence electrons. The first-order chi connectivity index (χ1) is 21.3. The van der Waals surface area contributed by atoms with Crippen LogP contribution in [0.15, 0.2) is 97.1 Å². The highest BCUT2D eigenvalue weighted by molar-refractivity contribution is 6.36. The predicted octanol–water partition coefficient (Wildman–Crippen LogP) is 6.95. The summed E-state index contributed by atoms with van der Waals surface area (Å²) in [6.45, 7) is 4.07. The van der Waals surface area contributed by atoms with E-state index in [1.165, 1.54) is 4.90 Å². The summed E-state index contributed by atoms with van der Waals surface area (Å²) in [5.74, 6) is -3.31. The van der Waals surface area contributed by atoms with E-state index < -0.39 is 45.3 Å². The maximum atomic E-state index is 14.7. The number of nitrogens with zero attached hydrogens (tertiary/aromatic N) is 1. The fourth-order valence-corrected chi connectivity index (χ4v) is 8.84. The van der Waals surface area contributed by atoms with E-state index in [9.17, 15) is 14.4 Å². The Morgan fingerprint density at radius 1 is 0.705 bits per heavy atom. The monoisotopic (exact) mass is 622 g/mol. The standard InChI is InChI=1S/C37H32Cl2N2O3/c1-3-23-15-12-16-24(4-2)32(23)40-33(42)29(21-22-13-6-5-7-14-22)41-34(43)30-31(35(41)44)37(39)26-18-9-8-17-25(26)36(30,38)27-19-10-11-20-28(27)37/h5-20,29-31H,3-4,21H2,1-2H3,(H,40,42)/t29-,30-,31+,36?,37?/m1/s1. The van der Waals surface area contributed by atoms with Crippen LogP contribution in [0.25, 0.3) is 0 Å². The molecule has 0 radical (unpaired) electrons. The lowest BCUT2D eigenvalue weighted by Gasteiger charge is -2.54. The smallest absolute Gasteiger partial charge is 0.248 e. The van der Waals surface area contributed by atoms with Crippen molar-refractivity contribution in [2.45, 2.75) is 48.9 Å². The Morgan fingerprint density at radius 2 is 1.14 bits per heavy atom. The second-order valence-corrected chi connectivity index (χ2v) is 13.1. The molecule has 1 fully saturated rings. The SMILES string of the molecule is CCc1cccc(CC)c1NC(=O)[C@@H](Cc1ccccc1)N1C(=O)[C@@H]2[C@H](C1=O)C1(Cl)c3ccccc3C2(Cl)c2ccccc21. The van der Waals surface area contributed by atoms with Crippen LogP contribution in [0.2, 0.25) is 0 Å². The summed E-state index contributed by atoms with van der Waals surface area (Å²) < 4.78 is 0. The minimum atomic E-state index is -1.31. The number of benzene rings is 4. The topological polar surface area (TPSA) is 66.5 Å². The van der Waals surface area contributed by atoms with Crippen molar-refractivity contribution >= 4 is 46.6 Å². The number of para-hydroxylation sites is 1. The van der Waals surface area contributed by atoms with Crippen LogP contribution in [0.1, 0.15) is 52.8 Å². The Bertz CT molecular complexity index is 1680. The first-order valence-corrected chi connectivity index (χ1v) is 15.9. The normalized spacial score (nSPS) is 25.3. The quantitative estimate of drug-likeness (QED) is 0.179. The van der Waals surface area contributed by atoms with E-state index in [0.29, 0.717) is 0 Å². The molecule has 2 bridgehead atoms. The van der Waals surface area contributed by atoms with E-state index in [2.05, 4.69) is 5.32 Å². The number of rotatable bonds is 7. The molecular formula is C37H32Cl2N2O3. The van der Waals surface area contributed by atoms with Gasteiger partial charge in [0.25, 0.3) is 0 Å². The Balaban J connectivity index is 1.37. The number of amides is 3. The molecule has 4 aromatic rings. The zero-order valence-electron chi connectivity index (χ0n) is 24.5. The number of anilines is 1. The Kier molecular flexibility index (Phi) is 6.95. The largest absolute Gasteiger partial charge is 0.324 e. The van der Waals surface area contributed by atoms with E-state index in [4.69, 9.17) is 23.2 Å².